The molecule has 1 aliphatic heterocycles. The van der Waals surface area contributed by atoms with Gasteiger partial charge in [-0.2, -0.15) is 4.31 Å². The van der Waals surface area contributed by atoms with Crippen molar-refractivity contribution in [3.05, 3.63) is 41.6 Å². The number of amides is 1. The van der Waals surface area contributed by atoms with Gasteiger partial charge in [0.05, 0.1) is 5.75 Å². The van der Waals surface area contributed by atoms with E-state index in [9.17, 15) is 22.0 Å². The molecule has 2 heterocycles. The van der Waals surface area contributed by atoms with E-state index in [1.165, 1.54) is 21.3 Å². The van der Waals surface area contributed by atoms with Crippen molar-refractivity contribution in [2.75, 3.05) is 31.9 Å². The number of nitrogens with zero attached hydrogens (tertiary/aromatic N) is 3. The first-order valence-electron chi connectivity index (χ1n) is 8.51. The summed E-state index contributed by atoms with van der Waals surface area (Å²) in [5.41, 5.74) is 0.288. The number of hydrogen-bond acceptors (Lipinski definition) is 5. The Labute approximate surface area is 155 Å². The monoisotopic (exact) mass is 399 g/mol. The molecule has 0 radical (unpaired) electrons. The lowest BCUT2D eigenvalue weighted by atomic mass is 10.1. The summed E-state index contributed by atoms with van der Waals surface area (Å²) in [6.07, 6.45) is 0.535. The quantitative estimate of drug-likeness (QED) is 0.769. The van der Waals surface area contributed by atoms with Crippen molar-refractivity contribution in [3.63, 3.8) is 0 Å². The molecular formula is C17H19F2N3O4S. The van der Waals surface area contributed by atoms with E-state index >= 15 is 0 Å². The summed E-state index contributed by atoms with van der Waals surface area (Å²) >= 11 is 0. The molecule has 10 heteroatoms. The fourth-order valence-corrected chi connectivity index (χ4v) is 4.37. The maximum Gasteiger partial charge on any atom is 0.276 e. The van der Waals surface area contributed by atoms with Gasteiger partial charge in [0.25, 0.3) is 5.91 Å². The van der Waals surface area contributed by atoms with Gasteiger partial charge in [-0.3, -0.25) is 4.79 Å². The van der Waals surface area contributed by atoms with Gasteiger partial charge in [0.15, 0.2) is 23.1 Å². The van der Waals surface area contributed by atoms with Crippen molar-refractivity contribution in [2.45, 2.75) is 13.3 Å². The number of hydrogen-bond donors (Lipinski definition) is 0. The number of rotatable bonds is 5. The van der Waals surface area contributed by atoms with Crippen LogP contribution in [0, 0.1) is 11.6 Å². The highest BCUT2D eigenvalue weighted by Gasteiger charge is 2.29. The number of aromatic nitrogens is 1. The summed E-state index contributed by atoms with van der Waals surface area (Å²) in [6.45, 7) is 2.74. The highest BCUT2D eigenvalue weighted by molar-refractivity contribution is 7.89. The molecule has 0 bridgehead atoms. The molecule has 1 aromatic carbocycles. The molecule has 27 heavy (non-hydrogen) atoms. The van der Waals surface area contributed by atoms with Crippen LogP contribution in [0.1, 0.15) is 23.8 Å². The molecule has 0 spiro atoms. The van der Waals surface area contributed by atoms with Gasteiger partial charge in [-0.25, -0.2) is 17.2 Å². The predicted molar refractivity (Wildman–Crippen MR) is 93.4 cm³/mol. The van der Waals surface area contributed by atoms with E-state index in [-0.39, 0.29) is 48.9 Å². The lowest BCUT2D eigenvalue weighted by Crippen LogP contribution is -2.51. The standard InChI is InChI=1S/C17H19F2N3O4S/c1-2-9-27(24,25)22-7-5-21(6-8-22)17(23)15-11-16(26-20-15)12-3-4-13(18)14(19)10-12/h3-4,10-11H,2,5-9H2,1H3. The molecule has 0 saturated carbocycles. The Balaban J connectivity index is 1.67. The van der Waals surface area contributed by atoms with Gasteiger partial charge in [-0.1, -0.05) is 12.1 Å². The zero-order chi connectivity index (χ0) is 19.6. The summed E-state index contributed by atoms with van der Waals surface area (Å²) in [5.74, 6) is -2.19. The number of carbonyl (C=O) groups is 1. The van der Waals surface area contributed by atoms with Gasteiger partial charge >= 0.3 is 0 Å². The lowest BCUT2D eigenvalue weighted by molar-refractivity contribution is 0.0687. The van der Waals surface area contributed by atoms with E-state index in [0.717, 1.165) is 12.1 Å². The van der Waals surface area contributed by atoms with Crippen molar-refractivity contribution in [2.24, 2.45) is 0 Å². The Bertz CT molecular complexity index is 937. The van der Waals surface area contributed by atoms with Gasteiger partial charge in [-0.15, -0.1) is 0 Å². The van der Waals surface area contributed by atoms with Crippen LogP contribution in [-0.4, -0.2) is 60.6 Å². The van der Waals surface area contributed by atoms with Gasteiger partial charge in [0.2, 0.25) is 10.0 Å². The second kappa shape index (κ2) is 7.73. The average Bonchev–Trinajstić information content (AvgIpc) is 3.13. The third-order valence-corrected chi connectivity index (χ3v) is 6.39. The third kappa shape index (κ3) is 4.16. The zero-order valence-electron chi connectivity index (χ0n) is 14.7. The minimum absolute atomic E-state index is 0.0274. The van der Waals surface area contributed by atoms with Crippen LogP contribution >= 0.6 is 0 Å². The number of sulfonamides is 1. The maximum atomic E-state index is 13.3. The SMILES string of the molecule is CCCS(=O)(=O)N1CCN(C(=O)c2cc(-c3ccc(F)c(F)c3)on2)CC1. The van der Waals surface area contributed by atoms with Crippen molar-refractivity contribution < 1.29 is 26.5 Å². The Kier molecular flexibility index (Phi) is 5.56. The number of halogens is 2. The molecule has 0 N–H and O–H groups in total. The molecule has 1 aliphatic rings. The summed E-state index contributed by atoms with van der Waals surface area (Å²) in [4.78, 5) is 14.0. The van der Waals surface area contributed by atoms with Crippen molar-refractivity contribution in [1.29, 1.82) is 0 Å². The van der Waals surface area contributed by atoms with Crippen LogP contribution in [-0.2, 0) is 10.0 Å². The normalized spacial score (nSPS) is 15.9. The van der Waals surface area contributed by atoms with E-state index in [1.54, 1.807) is 6.92 Å². The number of piperazine rings is 1. The molecular weight excluding hydrogens is 380 g/mol. The molecule has 7 nitrogen and oxygen atoms in total. The van der Waals surface area contributed by atoms with E-state index in [1.807, 2.05) is 0 Å². The van der Waals surface area contributed by atoms with Crippen LogP contribution in [0.4, 0.5) is 8.78 Å². The molecule has 1 saturated heterocycles. The molecule has 1 aromatic heterocycles. The van der Waals surface area contributed by atoms with Crippen molar-refractivity contribution in [1.82, 2.24) is 14.4 Å². The molecule has 3 rings (SSSR count). The Hall–Kier alpha value is -2.33. The maximum absolute atomic E-state index is 13.3. The topological polar surface area (TPSA) is 83.7 Å². The average molecular weight is 399 g/mol. The molecule has 0 atom stereocenters. The van der Waals surface area contributed by atoms with Gasteiger partial charge in [0.1, 0.15) is 0 Å². The molecule has 0 aliphatic carbocycles. The summed E-state index contributed by atoms with van der Waals surface area (Å²) in [5, 5.41) is 3.70. The molecule has 0 unspecified atom stereocenters. The zero-order valence-corrected chi connectivity index (χ0v) is 15.5. The Morgan fingerprint density at radius 3 is 2.48 bits per heavy atom. The summed E-state index contributed by atoms with van der Waals surface area (Å²) in [6, 6.07) is 4.60. The Morgan fingerprint density at radius 2 is 1.85 bits per heavy atom. The second-order valence-corrected chi connectivity index (χ2v) is 8.30. The van der Waals surface area contributed by atoms with E-state index in [2.05, 4.69) is 5.16 Å². The molecule has 1 amide bonds. The third-order valence-electron chi connectivity index (χ3n) is 4.31. The van der Waals surface area contributed by atoms with Crippen LogP contribution in [0.15, 0.2) is 28.8 Å². The van der Waals surface area contributed by atoms with E-state index < -0.39 is 27.6 Å². The summed E-state index contributed by atoms with van der Waals surface area (Å²) < 4.78 is 57.0. The highest BCUT2D eigenvalue weighted by atomic mass is 32.2. The minimum atomic E-state index is -3.29. The summed E-state index contributed by atoms with van der Waals surface area (Å²) in [7, 11) is -3.29. The van der Waals surface area contributed by atoms with Crippen LogP contribution in [0.3, 0.4) is 0 Å². The smallest absolute Gasteiger partial charge is 0.276 e. The highest BCUT2D eigenvalue weighted by Crippen LogP contribution is 2.23. The number of carbonyl (C=O) groups excluding carboxylic acids is 1. The molecule has 2 aromatic rings. The first kappa shape index (κ1) is 19.4. The largest absolute Gasteiger partial charge is 0.355 e. The van der Waals surface area contributed by atoms with Gasteiger partial charge in [0, 0.05) is 37.8 Å². The van der Waals surface area contributed by atoms with Crippen LogP contribution < -0.4 is 0 Å². The van der Waals surface area contributed by atoms with E-state index in [4.69, 9.17) is 4.52 Å². The van der Waals surface area contributed by atoms with Crippen molar-refractivity contribution in [3.8, 4) is 11.3 Å². The lowest BCUT2D eigenvalue weighted by Gasteiger charge is -2.33. The van der Waals surface area contributed by atoms with Crippen LogP contribution in [0.5, 0.6) is 0 Å². The fraction of sp³-hybridized carbons (Fsp3) is 0.412. The van der Waals surface area contributed by atoms with Gasteiger partial charge in [-0.05, 0) is 24.6 Å². The van der Waals surface area contributed by atoms with Gasteiger partial charge < -0.3 is 9.42 Å². The van der Waals surface area contributed by atoms with Crippen molar-refractivity contribution >= 4 is 15.9 Å². The second-order valence-electron chi connectivity index (χ2n) is 6.21. The predicted octanol–water partition coefficient (Wildman–Crippen LogP) is 2.12. The molecule has 1 fully saturated rings. The Morgan fingerprint density at radius 1 is 1.15 bits per heavy atom. The van der Waals surface area contributed by atoms with Crippen LogP contribution in [0.25, 0.3) is 11.3 Å². The fourth-order valence-electron chi connectivity index (χ4n) is 2.88. The number of benzene rings is 1. The first-order chi connectivity index (χ1) is 12.8. The first-order valence-corrected chi connectivity index (χ1v) is 10.1. The molecule has 146 valence electrons. The minimum Gasteiger partial charge on any atom is -0.355 e. The van der Waals surface area contributed by atoms with E-state index in [0.29, 0.717) is 6.42 Å². The van der Waals surface area contributed by atoms with Crippen LogP contribution in [0.2, 0.25) is 0 Å².